The fourth-order valence-corrected chi connectivity index (χ4v) is 1.16. The van der Waals surface area contributed by atoms with E-state index in [0.29, 0.717) is 6.61 Å². The molecular weight excluding hydrogens is 206 g/mol. The number of hydrogen-bond acceptors (Lipinski definition) is 4. The molecule has 1 aliphatic heterocycles. The highest BCUT2D eigenvalue weighted by Crippen LogP contribution is 1.95. The molecule has 0 radical (unpaired) electrons. The van der Waals surface area contributed by atoms with Crippen LogP contribution in [-0.2, 0) is 14.3 Å². The van der Waals surface area contributed by atoms with Gasteiger partial charge in [0.15, 0.2) is 0 Å². The van der Waals surface area contributed by atoms with Crippen molar-refractivity contribution in [2.75, 3.05) is 39.5 Å². The number of hydrogen-bond donors (Lipinski definition) is 0. The minimum atomic E-state index is -0.353. The zero-order valence-electron chi connectivity index (χ0n) is 8.11. The average molecular weight is 222 g/mol. The van der Waals surface area contributed by atoms with Crippen LogP contribution in [-0.4, -0.2) is 50.3 Å². The maximum Gasteiger partial charge on any atom is 0.330 e. The van der Waals surface area contributed by atoms with E-state index in [9.17, 15) is 4.79 Å². The molecule has 1 saturated heterocycles. The van der Waals surface area contributed by atoms with Crippen molar-refractivity contribution >= 4 is 18.4 Å². The largest absolute Gasteiger partial charge is 0.461 e. The van der Waals surface area contributed by atoms with Crippen LogP contribution in [0, 0.1) is 0 Å². The fraction of sp³-hybridized carbons (Fsp3) is 0.667. The van der Waals surface area contributed by atoms with Gasteiger partial charge in [-0.1, -0.05) is 6.58 Å². The van der Waals surface area contributed by atoms with Crippen LogP contribution in [0.15, 0.2) is 12.7 Å². The van der Waals surface area contributed by atoms with Gasteiger partial charge in [-0.2, -0.15) is 0 Å². The molecule has 5 heteroatoms. The molecule has 0 bridgehead atoms. The first kappa shape index (κ1) is 13.4. The van der Waals surface area contributed by atoms with Crippen LogP contribution in [0.3, 0.4) is 0 Å². The highest BCUT2D eigenvalue weighted by molar-refractivity contribution is 5.85. The number of halogens is 1. The predicted molar refractivity (Wildman–Crippen MR) is 55.7 cm³/mol. The SMILES string of the molecule is C=CC(=O)OCCN1CCOCC1.Cl. The van der Waals surface area contributed by atoms with Gasteiger partial charge in [-0.15, -0.1) is 12.4 Å². The van der Waals surface area contributed by atoms with Crippen LogP contribution in [0.1, 0.15) is 0 Å². The molecule has 0 aromatic rings. The molecule has 1 heterocycles. The van der Waals surface area contributed by atoms with Gasteiger partial charge in [0.25, 0.3) is 0 Å². The van der Waals surface area contributed by atoms with E-state index in [1.807, 2.05) is 0 Å². The van der Waals surface area contributed by atoms with Gasteiger partial charge >= 0.3 is 5.97 Å². The van der Waals surface area contributed by atoms with Gasteiger partial charge in [-0.05, 0) is 0 Å². The third-order valence-corrected chi connectivity index (χ3v) is 1.92. The first-order valence-electron chi connectivity index (χ1n) is 4.42. The third kappa shape index (κ3) is 5.21. The number of morpholine rings is 1. The van der Waals surface area contributed by atoms with Crippen molar-refractivity contribution in [2.45, 2.75) is 0 Å². The normalized spacial score (nSPS) is 16.9. The molecule has 1 fully saturated rings. The molecule has 0 aromatic heterocycles. The number of esters is 1. The van der Waals surface area contributed by atoms with E-state index in [4.69, 9.17) is 9.47 Å². The summed E-state index contributed by atoms with van der Waals surface area (Å²) in [7, 11) is 0. The minimum absolute atomic E-state index is 0. The number of carbonyl (C=O) groups is 1. The summed E-state index contributed by atoms with van der Waals surface area (Å²) in [5, 5.41) is 0. The molecule has 4 nitrogen and oxygen atoms in total. The summed E-state index contributed by atoms with van der Waals surface area (Å²) in [5.41, 5.74) is 0. The zero-order valence-corrected chi connectivity index (χ0v) is 8.92. The second-order valence-electron chi connectivity index (χ2n) is 2.83. The average Bonchev–Trinajstić information content (AvgIpc) is 2.19. The highest BCUT2D eigenvalue weighted by Gasteiger charge is 2.09. The summed E-state index contributed by atoms with van der Waals surface area (Å²) in [6.07, 6.45) is 1.18. The molecule has 1 aliphatic rings. The van der Waals surface area contributed by atoms with Gasteiger partial charge in [0.2, 0.25) is 0 Å². The van der Waals surface area contributed by atoms with Crippen molar-refractivity contribution in [1.29, 1.82) is 0 Å². The Bertz CT molecular complexity index is 181. The summed E-state index contributed by atoms with van der Waals surface area (Å²) < 4.78 is 10.0. The molecule has 0 N–H and O–H groups in total. The number of rotatable bonds is 4. The van der Waals surface area contributed by atoms with Gasteiger partial charge < -0.3 is 9.47 Å². The molecule has 14 heavy (non-hydrogen) atoms. The van der Waals surface area contributed by atoms with Crippen molar-refractivity contribution < 1.29 is 14.3 Å². The molecular formula is C9H16ClNO3. The van der Waals surface area contributed by atoms with Crippen LogP contribution in [0.25, 0.3) is 0 Å². The molecule has 0 unspecified atom stereocenters. The van der Waals surface area contributed by atoms with Crippen LogP contribution >= 0.6 is 12.4 Å². The van der Waals surface area contributed by atoms with Crippen molar-refractivity contribution in [3.8, 4) is 0 Å². The van der Waals surface area contributed by atoms with E-state index in [1.54, 1.807) is 0 Å². The molecule has 0 amide bonds. The van der Waals surface area contributed by atoms with E-state index in [1.165, 1.54) is 6.08 Å². The van der Waals surface area contributed by atoms with Crippen LogP contribution in [0.5, 0.6) is 0 Å². The van der Waals surface area contributed by atoms with E-state index in [2.05, 4.69) is 11.5 Å². The number of ether oxygens (including phenoxy) is 2. The topological polar surface area (TPSA) is 38.8 Å². The summed E-state index contributed by atoms with van der Waals surface area (Å²) >= 11 is 0. The molecule has 1 rings (SSSR count). The Morgan fingerprint density at radius 1 is 1.50 bits per heavy atom. The third-order valence-electron chi connectivity index (χ3n) is 1.92. The maximum absolute atomic E-state index is 10.7. The zero-order chi connectivity index (χ0) is 9.52. The lowest BCUT2D eigenvalue weighted by atomic mass is 10.4. The minimum Gasteiger partial charge on any atom is -0.461 e. The van der Waals surface area contributed by atoms with Crippen molar-refractivity contribution in [1.82, 2.24) is 4.90 Å². The molecule has 0 saturated carbocycles. The first-order chi connectivity index (χ1) is 6.33. The summed E-state index contributed by atoms with van der Waals surface area (Å²) in [6.45, 7) is 7.92. The van der Waals surface area contributed by atoms with E-state index in [0.717, 1.165) is 32.8 Å². The second-order valence-corrected chi connectivity index (χ2v) is 2.83. The molecule has 0 aromatic carbocycles. The van der Waals surface area contributed by atoms with E-state index >= 15 is 0 Å². The van der Waals surface area contributed by atoms with Gasteiger partial charge in [0, 0.05) is 25.7 Å². The summed E-state index contributed by atoms with van der Waals surface area (Å²) in [4.78, 5) is 12.9. The molecule has 0 atom stereocenters. The van der Waals surface area contributed by atoms with Crippen LogP contribution in [0.2, 0.25) is 0 Å². The van der Waals surface area contributed by atoms with Crippen molar-refractivity contribution in [2.24, 2.45) is 0 Å². The van der Waals surface area contributed by atoms with Crippen molar-refractivity contribution in [3.63, 3.8) is 0 Å². The Hall–Kier alpha value is -0.580. The summed E-state index contributed by atoms with van der Waals surface area (Å²) in [5.74, 6) is -0.353. The standard InChI is InChI=1S/C9H15NO3.ClH/c1-2-9(11)13-8-5-10-3-6-12-7-4-10;/h2H,1,3-8H2;1H. The van der Waals surface area contributed by atoms with Crippen molar-refractivity contribution in [3.05, 3.63) is 12.7 Å². The number of nitrogens with zero attached hydrogens (tertiary/aromatic N) is 1. The Balaban J connectivity index is 0.00000169. The summed E-state index contributed by atoms with van der Waals surface area (Å²) in [6, 6.07) is 0. The highest BCUT2D eigenvalue weighted by atomic mass is 35.5. The Morgan fingerprint density at radius 2 is 2.14 bits per heavy atom. The quantitative estimate of drug-likeness (QED) is 0.511. The van der Waals surface area contributed by atoms with Gasteiger partial charge in [0.05, 0.1) is 13.2 Å². The monoisotopic (exact) mass is 221 g/mol. The second kappa shape index (κ2) is 7.79. The Kier molecular flexibility index (Phi) is 7.47. The molecule has 0 spiro atoms. The lowest BCUT2D eigenvalue weighted by Gasteiger charge is -2.25. The smallest absolute Gasteiger partial charge is 0.330 e. The maximum atomic E-state index is 10.7. The van der Waals surface area contributed by atoms with Gasteiger partial charge in [0.1, 0.15) is 6.61 Å². The lowest BCUT2D eigenvalue weighted by Crippen LogP contribution is -2.38. The van der Waals surface area contributed by atoms with Crippen LogP contribution < -0.4 is 0 Å². The Labute approximate surface area is 90.3 Å². The van der Waals surface area contributed by atoms with Gasteiger partial charge in [-0.3, -0.25) is 4.90 Å². The first-order valence-corrected chi connectivity index (χ1v) is 4.42. The van der Waals surface area contributed by atoms with Crippen LogP contribution in [0.4, 0.5) is 0 Å². The fourth-order valence-electron chi connectivity index (χ4n) is 1.16. The van der Waals surface area contributed by atoms with Gasteiger partial charge in [-0.25, -0.2) is 4.79 Å². The van der Waals surface area contributed by atoms with E-state index in [-0.39, 0.29) is 18.4 Å². The van der Waals surface area contributed by atoms with E-state index < -0.39 is 0 Å². The Morgan fingerprint density at radius 3 is 2.71 bits per heavy atom. The predicted octanol–water partition coefficient (Wildman–Crippen LogP) is 0.470. The molecule has 82 valence electrons. The molecule has 0 aliphatic carbocycles. The lowest BCUT2D eigenvalue weighted by molar-refractivity contribution is -0.138. The number of carbonyl (C=O) groups excluding carboxylic acids is 1.